The van der Waals surface area contributed by atoms with Crippen molar-refractivity contribution in [3.8, 4) is 17.2 Å². The second-order valence-electron chi connectivity index (χ2n) is 7.85. The lowest BCUT2D eigenvalue weighted by Gasteiger charge is -2.19. The Bertz CT molecular complexity index is 1500. The van der Waals surface area contributed by atoms with Crippen LogP contribution < -0.4 is 25.0 Å². The van der Waals surface area contributed by atoms with Gasteiger partial charge in [0.2, 0.25) is 11.3 Å². The summed E-state index contributed by atoms with van der Waals surface area (Å²) in [5.74, 6) is 0.892. The number of ketones is 1. The number of rotatable bonds is 6. The van der Waals surface area contributed by atoms with Gasteiger partial charge in [-0.3, -0.25) is 19.4 Å². The number of carbonyl (C=O) groups excluding carboxylic acids is 2. The number of hydrogen-bond acceptors (Lipinski definition) is 7. The minimum absolute atomic E-state index is 0.0407. The van der Waals surface area contributed by atoms with E-state index >= 15 is 0 Å². The molecule has 1 aliphatic rings. The van der Waals surface area contributed by atoms with Crippen molar-refractivity contribution >= 4 is 28.3 Å². The highest BCUT2D eigenvalue weighted by Gasteiger charge is 2.19. The number of fused-ring (bicyclic) bond motifs is 2. The number of ether oxygens (including phenoxy) is 3. The van der Waals surface area contributed by atoms with Gasteiger partial charge in [-0.05, 0) is 36.4 Å². The molecule has 0 radical (unpaired) electrons. The largest absolute Gasteiger partial charge is 0.497 e. The van der Waals surface area contributed by atoms with Gasteiger partial charge in [0.1, 0.15) is 25.5 Å². The fourth-order valence-corrected chi connectivity index (χ4v) is 3.92. The van der Waals surface area contributed by atoms with Crippen LogP contribution in [0.4, 0.5) is 5.69 Å². The molecule has 0 atom stereocenters. The lowest BCUT2D eigenvalue weighted by molar-refractivity contribution is -0.116. The predicted octanol–water partition coefficient (Wildman–Crippen LogP) is 3.05. The number of pyridine rings is 2. The Balaban J connectivity index is 1.51. The molecule has 176 valence electrons. The molecule has 5 rings (SSSR count). The van der Waals surface area contributed by atoms with Crippen molar-refractivity contribution in [2.75, 3.05) is 25.6 Å². The summed E-state index contributed by atoms with van der Waals surface area (Å²) in [6, 6.07) is 13.1. The first-order valence-corrected chi connectivity index (χ1v) is 10.9. The Morgan fingerprint density at radius 2 is 1.80 bits per heavy atom. The lowest BCUT2D eigenvalue weighted by Crippen LogP contribution is -2.24. The molecular formula is C26H21N3O6. The Morgan fingerprint density at radius 1 is 1.03 bits per heavy atom. The van der Waals surface area contributed by atoms with Crippen LogP contribution in [0.5, 0.6) is 17.2 Å². The van der Waals surface area contributed by atoms with Crippen molar-refractivity contribution in [3.05, 3.63) is 88.5 Å². The average Bonchev–Trinajstić information content (AvgIpc) is 2.90. The second-order valence-corrected chi connectivity index (χ2v) is 7.85. The Morgan fingerprint density at radius 3 is 2.57 bits per heavy atom. The van der Waals surface area contributed by atoms with E-state index in [1.165, 1.54) is 25.7 Å². The van der Waals surface area contributed by atoms with Gasteiger partial charge in [0.05, 0.1) is 18.2 Å². The number of hydrogen-bond donors (Lipinski definition) is 1. The van der Waals surface area contributed by atoms with Crippen LogP contribution in [0, 0.1) is 0 Å². The summed E-state index contributed by atoms with van der Waals surface area (Å²) < 4.78 is 18.0. The van der Waals surface area contributed by atoms with Crippen LogP contribution in [0.3, 0.4) is 0 Å². The molecule has 3 heterocycles. The Hall–Kier alpha value is -4.66. The first-order valence-electron chi connectivity index (χ1n) is 10.9. The smallest absolute Gasteiger partial charge is 0.244 e. The Kier molecular flexibility index (Phi) is 5.88. The van der Waals surface area contributed by atoms with E-state index in [0.717, 1.165) is 0 Å². The summed E-state index contributed by atoms with van der Waals surface area (Å²) in [6.45, 7) is 0.765. The highest BCUT2D eigenvalue weighted by atomic mass is 16.6. The number of methoxy groups -OCH3 is 1. The minimum atomic E-state index is -0.448. The van der Waals surface area contributed by atoms with E-state index in [9.17, 15) is 14.4 Å². The highest BCUT2D eigenvalue weighted by Crippen LogP contribution is 2.32. The maximum atomic E-state index is 13.2. The third-order valence-electron chi connectivity index (χ3n) is 5.62. The molecule has 0 unspecified atom stereocenters. The number of benzene rings is 2. The first kappa shape index (κ1) is 22.1. The molecule has 0 fully saturated rings. The van der Waals surface area contributed by atoms with Crippen LogP contribution in [0.25, 0.3) is 10.9 Å². The molecule has 4 aromatic rings. The molecule has 2 aromatic heterocycles. The first-order chi connectivity index (χ1) is 17.0. The van der Waals surface area contributed by atoms with Crippen molar-refractivity contribution in [2.45, 2.75) is 6.54 Å². The zero-order valence-corrected chi connectivity index (χ0v) is 18.8. The molecule has 9 heteroatoms. The number of anilines is 1. The van der Waals surface area contributed by atoms with Crippen LogP contribution in [-0.2, 0) is 11.3 Å². The average molecular weight is 471 g/mol. The normalized spacial score (nSPS) is 12.3. The van der Waals surface area contributed by atoms with Gasteiger partial charge >= 0.3 is 0 Å². The maximum Gasteiger partial charge on any atom is 0.244 e. The molecule has 0 saturated carbocycles. The van der Waals surface area contributed by atoms with E-state index < -0.39 is 11.2 Å². The van der Waals surface area contributed by atoms with Gasteiger partial charge < -0.3 is 24.1 Å². The number of amides is 1. The molecule has 1 N–H and O–H groups in total. The summed E-state index contributed by atoms with van der Waals surface area (Å²) in [7, 11) is 1.51. The zero-order valence-electron chi connectivity index (χ0n) is 18.8. The summed E-state index contributed by atoms with van der Waals surface area (Å²) in [5, 5.41) is 3.13. The lowest BCUT2D eigenvalue weighted by atomic mass is 10.0. The summed E-state index contributed by atoms with van der Waals surface area (Å²) in [5.41, 5.74) is 0.874. The van der Waals surface area contributed by atoms with Crippen molar-refractivity contribution in [2.24, 2.45) is 0 Å². The fourth-order valence-electron chi connectivity index (χ4n) is 3.92. The third-order valence-corrected chi connectivity index (χ3v) is 5.62. The van der Waals surface area contributed by atoms with Crippen molar-refractivity contribution < 1.29 is 23.8 Å². The molecule has 0 aliphatic carbocycles. The van der Waals surface area contributed by atoms with Gasteiger partial charge in [-0.25, -0.2) is 0 Å². The van der Waals surface area contributed by atoms with E-state index in [1.54, 1.807) is 53.1 Å². The number of nitrogens with zero attached hydrogens (tertiary/aromatic N) is 2. The standard InChI is InChI=1S/C26H21N3O6/c1-33-18-3-4-19-21(13-18)29(14-20(26(19)32)25(31)16-6-8-27-9-7-16)15-24(30)28-17-2-5-22-23(12-17)35-11-10-34-22/h2-9,12-14H,10-11,15H2,1H3,(H,28,30). The number of aromatic nitrogens is 2. The van der Waals surface area contributed by atoms with Crippen molar-refractivity contribution in [1.82, 2.24) is 9.55 Å². The maximum absolute atomic E-state index is 13.2. The van der Waals surface area contributed by atoms with E-state index in [-0.39, 0.29) is 18.0 Å². The molecule has 35 heavy (non-hydrogen) atoms. The van der Waals surface area contributed by atoms with Gasteiger partial charge in [-0.1, -0.05) is 0 Å². The molecule has 0 bridgehead atoms. The third kappa shape index (κ3) is 4.43. The molecular weight excluding hydrogens is 450 g/mol. The summed E-state index contributed by atoms with van der Waals surface area (Å²) in [4.78, 5) is 43.2. The topological polar surface area (TPSA) is 109 Å². The number of carbonyl (C=O) groups is 2. The second kappa shape index (κ2) is 9.30. The van der Waals surface area contributed by atoms with Gasteiger partial charge in [0, 0.05) is 47.4 Å². The zero-order chi connectivity index (χ0) is 24.4. The van der Waals surface area contributed by atoms with Gasteiger partial charge in [0.15, 0.2) is 17.3 Å². The monoisotopic (exact) mass is 471 g/mol. The van der Waals surface area contributed by atoms with Crippen LogP contribution >= 0.6 is 0 Å². The van der Waals surface area contributed by atoms with Gasteiger partial charge in [-0.2, -0.15) is 0 Å². The molecule has 0 saturated heterocycles. The van der Waals surface area contributed by atoms with Crippen molar-refractivity contribution in [3.63, 3.8) is 0 Å². The minimum Gasteiger partial charge on any atom is -0.497 e. The van der Waals surface area contributed by atoms with Gasteiger partial charge in [0.25, 0.3) is 0 Å². The van der Waals surface area contributed by atoms with Crippen LogP contribution in [-0.4, -0.2) is 41.6 Å². The van der Waals surface area contributed by atoms with Gasteiger partial charge in [-0.15, -0.1) is 0 Å². The van der Waals surface area contributed by atoms with Crippen LogP contribution in [0.2, 0.25) is 0 Å². The highest BCUT2D eigenvalue weighted by molar-refractivity contribution is 6.10. The molecule has 1 aliphatic heterocycles. The quantitative estimate of drug-likeness (QED) is 0.431. The SMILES string of the molecule is COc1ccc2c(=O)c(C(=O)c3ccncc3)cn(CC(=O)Nc3ccc4c(c3)OCCO4)c2c1. The van der Waals surface area contributed by atoms with Crippen LogP contribution in [0.15, 0.2) is 71.9 Å². The molecule has 0 spiro atoms. The van der Waals surface area contributed by atoms with E-state index in [2.05, 4.69) is 10.3 Å². The number of nitrogens with one attached hydrogen (secondary N) is 1. The fraction of sp³-hybridized carbons (Fsp3) is 0.154. The predicted molar refractivity (Wildman–Crippen MR) is 128 cm³/mol. The van der Waals surface area contributed by atoms with E-state index in [1.807, 2.05) is 0 Å². The van der Waals surface area contributed by atoms with E-state index in [0.29, 0.717) is 52.6 Å². The molecule has 1 amide bonds. The van der Waals surface area contributed by atoms with E-state index in [4.69, 9.17) is 14.2 Å². The summed E-state index contributed by atoms with van der Waals surface area (Å²) >= 11 is 0. The molecule has 2 aromatic carbocycles. The Labute approximate surface area is 199 Å². The van der Waals surface area contributed by atoms with Crippen molar-refractivity contribution in [1.29, 1.82) is 0 Å². The molecule has 9 nitrogen and oxygen atoms in total. The van der Waals surface area contributed by atoms with Crippen LogP contribution in [0.1, 0.15) is 15.9 Å². The summed E-state index contributed by atoms with van der Waals surface area (Å²) in [6.07, 6.45) is 4.38.